The van der Waals surface area contributed by atoms with E-state index in [1.807, 2.05) is 6.07 Å². The number of nitrogens with zero attached hydrogens (tertiary/aromatic N) is 2. The molecule has 41 heavy (non-hydrogen) atoms. The normalized spacial score (nSPS) is 11.9. The fourth-order valence-electron chi connectivity index (χ4n) is 6.51. The zero-order valence-corrected chi connectivity index (χ0v) is 22.2. The van der Waals surface area contributed by atoms with Gasteiger partial charge in [0.05, 0.1) is 21.9 Å². The topological polar surface area (TPSA) is 23.0 Å². The van der Waals surface area contributed by atoms with Gasteiger partial charge in [0.25, 0.3) is 0 Å². The van der Waals surface area contributed by atoms with Crippen molar-refractivity contribution in [2.75, 3.05) is 0 Å². The SMILES string of the molecule is c1ccc(-n2c3ccccc3c3c4ccc(-c5ccc(-n6c7ccccc7c7ccccc76)cc5)cc4oc32)cc1. The number of hydrogen-bond donors (Lipinski definition) is 0. The summed E-state index contributed by atoms with van der Waals surface area (Å²) < 4.78 is 11.2. The molecule has 0 bridgehead atoms. The minimum atomic E-state index is 0.881. The lowest BCUT2D eigenvalue weighted by molar-refractivity contribution is 0.645. The highest BCUT2D eigenvalue weighted by Gasteiger charge is 2.19. The van der Waals surface area contributed by atoms with Crippen LogP contribution < -0.4 is 0 Å². The van der Waals surface area contributed by atoms with Gasteiger partial charge in [-0.25, -0.2) is 0 Å². The summed E-state index contributed by atoms with van der Waals surface area (Å²) in [5, 5.41) is 6.04. The molecule has 0 atom stereocenters. The van der Waals surface area contributed by atoms with Crippen LogP contribution in [-0.2, 0) is 0 Å². The molecule has 3 aromatic heterocycles. The van der Waals surface area contributed by atoms with Crippen LogP contribution in [0.3, 0.4) is 0 Å². The van der Waals surface area contributed by atoms with Gasteiger partial charge < -0.3 is 8.98 Å². The maximum Gasteiger partial charge on any atom is 0.213 e. The predicted octanol–water partition coefficient (Wildman–Crippen LogP) is 10.3. The van der Waals surface area contributed by atoms with Crippen molar-refractivity contribution in [3.05, 3.63) is 146 Å². The quantitative estimate of drug-likeness (QED) is 0.225. The molecule has 0 amide bonds. The van der Waals surface area contributed by atoms with Gasteiger partial charge in [0.15, 0.2) is 0 Å². The van der Waals surface area contributed by atoms with Crippen LogP contribution in [0.5, 0.6) is 0 Å². The predicted molar refractivity (Wildman–Crippen MR) is 170 cm³/mol. The molecule has 9 aromatic rings. The molecule has 0 unspecified atom stereocenters. The average Bonchev–Trinajstić information content (AvgIpc) is 3.68. The molecule has 3 nitrogen and oxygen atoms in total. The summed E-state index contributed by atoms with van der Waals surface area (Å²) in [5.41, 5.74) is 9.91. The Morgan fingerprint density at radius 1 is 0.390 bits per heavy atom. The number of aromatic nitrogens is 2. The van der Waals surface area contributed by atoms with Crippen LogP contribution in [0.4, 0.5) is 0 Å². The Labute approximate surface area is 236 Å². The van der Waals surface area contributed by atoms with E-state index in [4.69, 9.17) is 4.42 Å². The molecular formula is C38H24N2O. The van der Waals surface area contributed by atoms with Crippen molar-refractivity contribution < 1.29 is 4.42 Å². The van der Waals surface area contributed by atoms with Gasteiger partial charge in [0.2, 0.25) is 5.71 Å². The first-order valence-corrected chi connectivity index (χ1v) is 14.0. The van der Waals surface area contributed by atoms with E-state index in [9.17, 15) is 0 Å². The van der Waals surface area contributed by atoms with Gasteiger partial charge in [-0.05, 0) is 65.7 Å². The molecule has 0 aliphatic rings. The van der Waals surface area contributed by atoms with Gasteiger partial charge in [-0.2, -0.15) is 0 Å². The van der Waals surface area contributed by atoms with Gasteiger partial charge in [-0.15, -0.1) is 0 Å². The van der Waals surface area contributed by atoms with Crippen molar-refractivity contribution in [1.29, 1.82) is 0 Å². The highest BCUT2D eigenvalue weighted by Crippen LogP contribution is 2.40. The second kappa shape index (κ2) is 8.48. The number of fused-ring (bicyclic) bond motifs is 8. The Morgan fingerprint density at radius 3 is 1.61 bits per heavy atom. The minimum absolute atomic E-state index is 0.881. The summed E-state index contributed by atoms with van der Waals surface area (Å²) in [6.45, 7) is 0. The van der Waals surface area contributed by atoms with Crippen molar-refractivity contribution in [3.8, 4) is 22.5 Å². The van der Waals surface area contributed by atoms with Crippen molar-refractivity contribution in [1.82, 2.24) is 9.13 Å². The lowest BCUT2D eigenvalue weighted by Gasteiger charge is -2.09. The molecule has 3 heteroatoms. The van der Waals surface area contributed by atoms with Gasteiger partial charge in [0.1, 0.15) is 5.58 Å². The highest BCUT2D eigenvalue weighted by atomic mass is 16.3. The monoisotopic (exact) mass is 524 g/mol. The van der Waals surface area contributed by atoms with Crippen LogP contribution in [0.25, 0.3) is 77.3 Å². The first kappa shape index (κ1) is 22.3. The maximum absolute atomic E-state index is 6.62. The van der Waals surface area contributed by atoms with Crippen LogP contribution >= 0.6 is 0 Å². The summed E-state index contributed by atoms with van der Waals surface area (Å²) in [6, 6.07) is 51.7. The smallest absolute Gasteiger partial charge is 0.213 e. The van der Waals surface area contributed by atoms with Crippen molar-refractivity contribution in [2.24, 2.45) is 0 Å². The van der Waals surface area contributed by atoms with Crippen molar-refractivity contribution in [2.45, 2.75) is 0 Å². The Balaban J connectivity index is 1.19. The van der Waals surface area contributed by atoms with Crippen molar-refractivity contribution in [3.63, 3.8) is 0 Å². The molecular weight excluding hydrogens is 500 g/mol. The third-order valence-corrected chi connectivity index (χ3v) is 8.34. The maximum atomic E-state index is 6.62. The number of benzene rings is 6. The Morgan fingerprint density at radius 2 is 0.927 bits per heavy atom. The standard InChI is InChI=1S/C38H24N2O/c1-2-10-27(11-3-1)40-35-17-9-6-14-31(35)37-32-23-20-26(24-36(32)41-38(37)40)25-18-21-28(22-19-25)39-33-15-7-4-12-29(33)30-13-5-8-16-34(30)39/h1-24H. The molecule has 6 aromatic carbocycles. The zero-order valence-electron chi connectivity index (χ0n) is 22.2. The van der Waals surface area contributed by atoms with Crippen LogP contribution in [0.2, 0.25) is 0 Å². The van der Waals surface area contributed by atoms with Crippen LogP contribution in [0.15, 0.2) is 150 Å². The lowest BCUT2D eigenvalue weighted by atomic mass is 10.0. The summed E-state index contributed by atoms with van der Waals surface area (Å²) >= 11 is 0. The van der Waals surface area contributed by atoms with E-state index < -0.39 is 0 Å². The van der Waals surface area contributed by atoms with E-state index in [1.165, 1.54) is 27.2 Å². The highest BCUT2D eigenvalue weighted by molar-refractivity contribution is 6.20. The van der Waals surface area contributed by atoms with E-state index >= 15 is 0 Å². The number of hydrogen-bond acceptors (Lipinski definition) is 1. The fourth-order valence-corrected chi connectivity index (χ4v) is 6.51. The molecule has 0 aliphatic carbocycles. The molecule has 3 heterocycles. The van der Waals surface area contributed by atoms with Gasteiger partial charge in [-0.1, -0.05) is 91.0 Å². The molecule has 0 saturated heterocycles. The largest absolute Gasteiger partial charge is 0.439 e. The molecule has 0 fully saturated rings. The van der Waals surface area contributed by atoms with Crippen LogP contribution in [-0.4, -0.2) is 9.13 Å². The average molecular weight is 525 g/mol. The van der Waals surface area contributed by atoms with E-state index in [1.54, 1.807) is 0 Å². The molecule has 0 saturated carbocycles. The van der Waals surface area contributed by atoms with Crippen LogP contribution in [0, 0.1) is 0 Å². The zero-order chi connectivity index (χ0) is 26.9. The van der Waals surface area contributed by atoms with E-state index in [2.05, 4.69) is 149 Å². The Kier molecular flexibility index (Phi) is 4.61. The second-order valence-electron chi connectivity index (χ2n) is 10.6. The first-order chi connectivity index (χ1) is 20.3. The molecule has 0 spiro atoms. The summed E-state index contributed by atoms with van der Waals surface area (Å²) in [5.74, 6) is 0. The molecule has 0 aliphatic heterocycles. The number of para-hydroxylation sites is 4. The van der Waals surface area contributed by atoms with Gasteiger partial charge in [0, 0.05) is 32.9 Å². The lowest BCUT2D eigenvalue weighted by Crippen LogP contribution is -1.93. The third kappa shape index (κ3) is 3.20. The van der Waals surface area contributed by atoms with Crippen molar-refractivity contribution >= 4 is 54.8 Å². The molecule has 0 N–H and O–H groups in total. The van der Waals surface area contributed by atoms with E-state index in [-0.39, 0.29) is 0 Å². The Bertz CT molecular complexity index is 2350. The fraction of sp³-hybridized carbons (Fsp3) is 0. The van der Waals surface area contributed by atoms with E-state index in [0.29, 0.717) is 0 Å². The number of rotatable bonds is 3. The minimum Gasteiger partial charge on any atom is -0.439 e. The Hall–Kier alpha value is -5.54. The molecule has 0 radical (unpaired) electrons. The first-order valence-electron chi connectivity index (χ1n) is 14.0. The van der Waals surface area contributed by atoms with E-state index in [0.717, 1.165) is 50.1 Å². The third-order valence-electron chi connectivity index (χ3n) is 8.34. The van der Waals surface area contributed by atoms with Gasteiger partial charge in [-0.3, -0.25) is 4.57 Å². The number of furan rings is 1. The van der Waals surface area contributed by atoms with Gasteiger partial charge >= 0.3 is 0 Å². The van der Waals surface area contributed by atoms with Crippen LogP contribution in [0.1, 0.15) is 0 Å². The summed E-state index contributed by atoms with van der Waals surface area (Å²) in [4.78, 5) is 0. The molecule has 192 valence electrons. The molecule has 9 rings (SSSR count). The summed E-state index contributed by atoms with van der Waals surface area (Å²) in [6.07, 6.45) is 0. The summed E-state index contributed by atoms with van der Waals surface area (Å²) in [7, 11) is 0. The second-order valence-corrected chi connectivity index (χ2v) is 10.6.